The number of thiazole rings is 1. The molecule has 16 heteroatoms. The number of hydrogen-bond acceptors (Lipinski definition) is 11. The molecule has 1 aromatic heterocycles. The summed E-state index contributed by atoms with van der Waals surface area (Å²) in [6, 6.07) is 3.57. The van der Waals surface area contributed by atoms with E-state index in [2.05, 4.69) is 26.3 Å². The molecule has 3 amide bonds. The van der Waals surface area contributed by atoms with Gasteiger partial charge in [0, 0.05) is 42.9 Å². The van der Waals surface area contributed by atoms with Gasteiger partial charge >= 0.3 is 11.9 Å². The SMILES string of the molecule is CC[C@H](C)[C@H](NC(=O)[C@H]1CCCCN1)C(=O)N[C@H](C[C@@H](OC(C)=O)c1nc(C(=O)N[C@@H](Cc2ccc([N+](=O)[O-])cc2)C[C@@H](C)C(=O)O)cs1)C(C)C. The molecule has 0 spiro atoms. The summed E-state index contributed by atoms with van der Waals surface area (Å²) in [7, 11) is 0. The smallest absolute Gasteiger partial charge is 0.306 e. The Morgan fingerprint density at radius 3 is 2.31 bits per heavy atom. The molecule has 286 valence electrons. The van der Waals surface area contributed by atoms with E-state index >= 15 is 0 Å². The normalized spacial score (nSPS) is 17.9. The minimum atomic E-state index is -1.03. The number of non-ortho nitro benzene ring substituents is 1. The quantitative estimate of drug-likeness (QED) is 0.0775. The molecular weight excluding hydrogens is 692 g/mol. The van der Waals surface area contributed by atoms with E-state index in [1.165, 1.54) is 31.4 Å². The van der Waals surface area contributed by atoms with E-state index in [4.69, 9.17) is 4.74 Å². The molecule has 0 aliphatic carbocycles. The van der Waals surface area contributed by atoms with Crippen LogP contribution in [0.25, 0.3) is 0 Å². The minimum absolute atomic E-state index is 0.0369. The second kappa shape index (κ2) is 20.0. The second-order valence-electron chi connectivity index (χ2n) is 13.9. The van der Waals surface area contributed by atoms with E-state index in [1.807, 2.05) is 27.7 Å². The van der Waals surface area contributed by atoms with Crippen LogP contribution < -0.4 is 21.3 Å². The monoisotopic (exact) mass is 744 g/mol. The molecule has 0 radical (unpaired) electrons. The molecule has 1 saturated heterocycles. The molecule has 7 atom stereocenters. The number of benzene rings is 1. The number of hydrogen-bond donors (Lipinski definition) is 5. The summed E-state index contributed by atoms with van der Waals surface area (Å²) in [5.41, 5.74) is 0.619. The number of nitrogens with one attached hydrogen (secondary N) is 4. The van der Waals surface area contributed by atoms with Crippen molar-refractivity contribution in [2.24, 2.45) is 17.8 Å². The third-order valence-corrected chi connectivity index (χ3v) is 10.3. The van der Waals surface area contributed by atoms with Crippen LogP contribution in [0.1, 0.15) is 107 Å². The summed E-state index contributed by atoms with van der Waals surface area (Å²) in [6.07, 6.45) is 2.87. The highest BCUT2D eigenvalue weighted by Gasteiger charge is 2.33. The number of aliphatic carboxylic acids is 1. The lowest BCUT2D eigenvalue weighted by molar-refractivity contribution is -0.384. The molecule has 5 N–H and O–H groups in total. The second-order valence-corrected chi connectivity index (χ2v) is 14.8. The number of piperidine rings is 1. The third-order valence-electron chi connectivity index (χ3n) is 9.38. The lowest BCUT2D eigenvalue weighted by atomic mass is 9.94. The van der Waals surface area contributed by atoms with Crippen LogP contribution in [-0.2, 0) is 30.3 Å². The Balaban J connectivity index is 1.77. The van der Waals surface area contributed by atoms with Gasteiger partial charge in [0.05, 0.1) is 16.9 Å². The van der Waals surface area contributed by atoms with Gasteiger partial charge in [-0.25, -0.2) is 4.98 Å². The van der Waals surface area contributed by atoms with Gasteiger partial charge in [0.2, 0.25) is 11.8 Å². The number of nitro benzene ring substituents is 1. The van der Waals surface area contributed by atoms with Gasteiger partial charge in [-0.1, -0.05) is 59.6 Å². The van der Waals surface area contributed by atoms with Gasteiger partial charge in [0.1, 0.15) is 16.7 Å². The highest BCUT2D eigenvalue weighted by molar-refractivity contribution is 7.09. The summed E-state index contributed by atoms with van der Waals surface area (Å²) < 4.78 is 5.67. The predicted octanol–water partition coefficient (Wildman–Crippen LogP) is 4.31. The number of carbonyl (C=O) groups excluding carboxylic acids is 4. The van der Waals surface area contributed by atoms with Crippen molar-refractivity contribution in [1.29, 1.82) is 0 Å². The third kappa shape index (κ3) is 12.7. The Hall–Kier alpha value is -4.44. The van der Waals surface area contributed by atoms with Crippen molar-refractivity contribution in [3.8, 4) is 0 Å². The molecule has 15 nitrogen and oxygen atoms in total. The molecular formula is C36H52N6O9S. The number of nitro groups is 1. The lowest BCUT2D eigenvalue weighted by Gasteiger charge is -2.31. The Bertz CT molecular complexity index is 1540. The number of rotatable bonds is 19. The Morgan fingerprint density at radius 1 is 1.06 bits per heavy atom. The van der Waals surface area contributed by atoms with Crippen molar-refractivity contribution >= 4 is 46.7 Å². The van der Waals surface area contributed by atoms with E-state index in [-0.39, 0.29) is 60.3 Å². The molecule has 1 aliphatic rings. The molecule has 0 bridgehead atoms. The van der Waals surface area contributed by atoms with Crippen molar-refractivity contribution in [3.05, 3.63) is 56.0 Å². The largest absolute Gasteiger partial charge is 0.481 e. The first kappa shape index (κ1) is 42.0. The molecule has 1 fully saturated rings. The number of amides is 3. The van der Waals surface area contributed by atoms with E-state index in [0.29, 0.717) is 23.4 Å². The molecule has 0 unspecified atom stereocenters. The van der Waals surface area contributed by atoms with Gasteiger partial charge < -0.3 is 31.1 Å². The van der Waals surface area contributed by atoms with Crippen LogP contribution in [0.15, 0.2) is 29.6 Å². The van der Waals surface area contributed by atoms with Crippen molar-refractivity contribution < 1.29 is 38.7 Å². The highest BCUT2D eigenvalue weighted by Crippen LogP contribution is 2.29. The Labute approximate surface area is 308 Å². The van der Waals surface area contributed by atoms with Crippen LogP contribution in [0.2, 0.25) is 0 Å². The van der Waals surface area contributed by atoms with Crippen molar-refractivity contribution in [1.82, 2.24) is 26.3 Å². The molecule has 2 heterocycles. The average Bonchev–Trinajstić information content (AvgIpc) is 3.60. The van der Waals surface area contributed by atoms with E-state index in [9.17, 15) is 39.2 Å². The summed E-state index contributed by atoms with van der Waals surface area (Å²) >= 11 is 1.11. The number of carbonyl (C=O) groups is 5. The predicted molar refractivity (Wildman–Crippen MR) is 195 cm³/mol. The zero-order valence-corrected chi connectivity index (χ0v) is 31.5. The van der Waals surface area contributed by atoms with Gasteiger partial charge in [-0.3, -0.25) is 34.1 Å². The lowest BCUT2D eigenvalue weighted by Crippen LogP contribution is -2.57. The number of carboxylic acid groups (broad SMARTS) is 1. The topological polar surface area (TPSA) is 219 Å². The minimum Gasteiger partial charge on any atom is -0.481 e. The number of esters is 1. The summed E-state index contributed by atoms with van der Waals surface area (Å²) in [5.74, 6) is -3.76. The van der Waals surface area contributed by atoms with Gasteiger partial charge in [-0.05, 0) is 49.6 Å². The van der Waals surface area contributed by atoms with E-state index in [1.54, 1.807) is 12.1 Å². The fourth-order valence-electron chi connectivity index (χ4n) is 5.99. The first-order chi connectivity index (χ1) is 24.6. The molecule has 1 aromatic carbocycles. The van der Waals surface area contributed by atoms with Gasteiger partial charge in [0.15, 0.2) is 6.10 Å². The number of aromatic nitrogens is 1. The summed E-state index contributed by atoms with van der Waals surface area (Å²) in [5, 5.41) is 34.5. The van der Waals surface area contributed by atoms with Crippen LogP contribution in [0.5, 0.6) is 0 Å². The highest BCUT2D eigenvalue weighted by atomic mass is 32.1. The first-order valence-electron chi connectivity index (χ1n) is 17.8. The van der Waals surface area contributed by atoms with Gasteiger partial charge in [-0.2, -0.15) is 0 Å². The van der Waals surface area contributed by atoms with Crippen LogP contribution >= 0.6 is 11.3 Å². The van der Waals surface area contributed by atoms with E-state index in [0.717, 1.165) is 30.7 Å². The molecule has 1 aliphatic heterocycles. The van der Waals surface area contributed by atoms with Gasteiger partial charge in [-0.15, -0.1) is 11.3 Å². The fourth-order valence-corrected chi connectivity index (χ4v) is 6.83. The summed E-state index contributed by atoms with van der Waals surface area (Å²) in [6.45, 7) is 11.2. The maximum atomic E-state index is 13.7. The Kier molecular flexibility index (Phi) is 16.1. The number of nitrogens with zero attached hydrogens (tertiary/aromatic N) is 2. The Morgan fingerprint density at radius 2 is 1.75 bits per heavy atom. The zero-order valence-electron chi connectivity index (χ0n) is 30.7. The van der Waals surface area contributed by atoms with Gasteiger partial charge in [0.25, 0.3) is 11.6 Å². The molecule has 52 heavy (non-hydrogen) atoms. The average molecular weight is 745 g/mol. The fraction of sp³-hybridized carbons (Fsp3) is 0.611. The molecule has 2 aromatic rings. The number of carboxylic acids is 1. The standard InChI is InChI=1S/C36H52N6O9S/c1-7-21(4)31(41-32(44)27-10-8-9-15-37-27)34(46)39-28(20(2)3)18-30(51-23(6)43)35-40-29(19-52-35)33(45)38-25(16-22(5)36(47)48)17-24-11-13-26(14-12-24)42(49)50/h11-14,19-22,25,27-28,30-31,37H,7-10,15-18H2,1-6H3,(H,38,45)(H,39,46)(H,41,44)(H,47,48)/t21-,22+,25+,27+,28+,30+,31-/m0/s1. The number of ether oxygens (including phenoxy) is 1. The maximum Gasteiger partial charge on any atom is 0.306 e. The zero-order chi connectivity index (χ0) is 38.5. The van der Waals surface area contributed by atoms with E-state index < -0.39 is 52.9 Å². The molecule has 3 rings (SSSR count). The van der Waals surface area contributed by atoms with Crippen molar-refractivity contribution in [3.63, 3.8) is 0 Å². The van der Waals surface area contributed by atoms with Crippen LogP contribution in [0.4, 0.5) is 5.69 Å². The molecule has 0 saturated carbocycles. The van der Waals surface area contributed by atoms with Crippen molar-refractivity contribution in [2.75, 3.05) is 6.54 Å². The van der Waals surface area contributed by atoms with Crippen LogP contribution in [0, 0.1) is 27.9 Å². The van der Waals surface area contributed by atoms with Crippen LogP contribution in [-0.4, -0.2) is 75.4 Å². The summed E-state index contributed by atoms with van der Waals surface area (Å²) in [4.78, 5) is 79.1. The first-order valence-corrected chi connectivity index (χ1v) is 18.7. The van der Waals surface area contributed by atoms with Crippen LogP contribution in [0.3, 0.4) is 0 Å². The van der Waals surface area contributed by atoms with Crippen molar-refractivity contribution in [2.45, 2.75) is 117 Å². The maximum absolute atomic E-state index is 13.7.